The van der Waals surface area contributed by atoms with Crippen molar-refractivity contribution in [3.8, 4) is 5.69 Å². The number of hydrogen-bond acceptors (Lipinski definition) is 4. The van der Waals surface area contributed by atoms with E-state index in [1.54, 1.807) is 24.3 Å². The second kappa shape index (κ2) is 9.45. The zero-order valence-corrected chi connectivity index (χ0v) is 17.9. The Kier molecular flexibility index (Phi) is 6.74. The lowest BCUT2D eigenvalue weighted by Gasteiger charge is -2.15. The SMILES string of the molecule is CCN(CC)Cc1ccc(C(=O)NNC(=O)c2ccc(-n3c(C)ccc3C)cc2)o1. The van der Waals surface area contributed by atoms with Crippen LogP contribution in [0, 0.1) is 13.8 Å². The molecule has 0 saturated heterocycles. The van der Waals surface area contributed by atoms with Crippen LogP contribution in [-0.2, 0) is 6.54 Å². The summed E-state index contributed by atoms with van der Waals surface area (Å²) in [7, 11) is 0. The van der Waals surface area contributed by atoms with Crippen LogP contribution in [0.3, 0.4) is 0 Å². The Hall–Kier alpha value is -3.32. The maximum atomic E-state index is 12.4. The molecule has 30 heavy (non-hydrogen) atoms. The minimum Gasteiger partial charge on any atom is -0.454 e. The van der Waals surface area contributed by atoms with Gasteiger partial charge in [-0.15, -0.1) is 0 Å². The van der Waals surface area contributed by atoms with Crippen molar-refractivity contribution in [1.82, 2.24) is 20.3 Å². The van der Waals surface area contributed by atoms with Crippen LogP contribution >= 0.6 is 0 Å². The second-order valence-corrected chi connectivity index (χ2v) is 7.13. The lowest BCUT2D eigenvalue weighted by molar-refractivity contribution is 0.0829. The van der Waals surface area contributed by atoms with E-state index in [0.29, 0.717) is 17.9 Å². The molecule has 7 heteroatoms. The van der Waals surface area contributed by atoms with Crippen LogP contribution in [0.4, 0.5) is 0 Å². The molecule has 3 rings (SSSR count). The van der Waals surface area contributed by atoms with E-state index >= 15 is 0 Å². The summed E-state index contributed by atoms with van der Waals surface area (Å²) in [5, 5.41) is 0. The minimum absolute atomic E-state index is 0.159. The van der Waals surface area contributed by atoms with Crippen molar-refractivity contribution in [3.05, 3.63) is 77.0 Å². The standard InChI is InChI=1S/C23H28N4O3/c1-5-26(6-2)15-20-13-14-21(30-20)23(29)25-24-22(28)18-9-11-19(12-10-18)27-16(3)7-8-17(27)4/h7-14H,5-6,15H2,1-4H3,(H,24,28)(H,25,29). The van der Waals surface area contributed by atoms with Crippen molar-refractivity contribution < 1.29 is 14.0 Å². The fourth-order valence-corrected chi connectivity index (χ4v) is 3.34. The molecule has 1 aromatic carbocycles. The molecular formula is C23H28N4O3. The molecule has 0 radical (unpaired) electrons. The quantitative estimate of drug-likeness (QED) is 0.586. The van der Waals surface area contributed by atoms with Gasteiger partial charge in [0.25, 0.3) is 5.91 Å². The van der Waals surface area contributed by atoms with E-state index in [0.717, 1.165) is 30.2 Å². The van der Waals surface area contributed by atoms with Crippen LogP contribution in [0.5, 0.6) is 0 Å². The van der Waals surface area contributed by atoms with Crippen molar-refractivity contribution in [2.24, 2.45) is 0 Å². The smallest absolute Gasteiger partial charge is 0.305 e. The second-order valence-electron chi connectivity index (χ2n) is 7.13. The molecule has 3 aromatic rings. The Bertz CT molecular complexity index is 994. The van der Waals surface area contributed by atoms with Gasteiger partial charge >= 0.3 is 5.91 Å². The van der Waals surface area contributed by atoms with Gasteiger partial charge in [0.1, 0.15) is 5.76 Å². The number of carbonyl (C=O) groups excluding carboxylic acids is 2. The summed E-state index contributed by atoms with van der Waals surface area (Å²) >= 11 is 0. The van der Waals surface area contributed by atoms with Gasteiger partial charge in [-0.25, -0.2) is 0 Å². The predicted octanol–water partition coefficient (Wildman–Crippen LogP) is 3.60. The van der Waals surface area contributed by atoms with Gasteiger partial charge in [0.15, 0.2) is 5.76 Å². The molecule has 7 nitrogen and oxygen atoms in total. The Morgan fingerprint density at radius 2 is 1.47 bits per heavy atom. The lowest BCUT2D eigenvalue weighted by Crippen LogP contribution is -2.41. The van der Waals surface area contributed by atoms with Gasteiger partial charge in [0.2, 0.25) is 0 Å². The minimum atomic E-state index is -0.496. The molecule has 0 aliphatic rings. The normalized spacial score (nSPS) is 11.0. The summed E-state index contributed by atoms with van der Waals surface area (Å²) in [6.45, 7) is 10.6. The predicted molar refractivity (Wildman–Crippen MR) is 116 cm³/mol. The highest BCUT2D eigenvalue weighted by Gasteiger charge is 2.14. The van der Waals surface area contributed by atoms with Crippen molar-refractivity contribution in [3.63, 3.8) is 0 Å². The van der Waals surface area contributed by atoms with Crippen molar-refractivity contribution in [1.29, 1.82) is 0 Å². The molecule has 0 saturated carbocycles. The number of furan rings is 1. The summed E-state index contributed by atoms with van der Waals surface area (Å²) < 4.78 is 7.70. The number of amides is 2. The number of carbonyl (C=O) groups is 2. The molecule has 0 atom stereocenters. The largest absolute Gasteiger partial charge is 0.454 e. The van der Waals surface area contributed by atoms with Gasteiger partial charge in [-0.2, -0.15) is 0 Å². The number of hydrazine groups is 1. The lowest BCUT2D eigenvalue weighted by atomic mass is 10.2. The third-order valence-electron chi connectivity index (χ3n) is 5.11. The number of aryl methyl sites for hydroxylation is 2. The van der Waals surface area contributed by atoms with E-state index in [1.165, 1.54) is 0 Å². The maximum Gasteiger partial charge on any atom is 0.305 e. The fraction of sp³-hybridized carbons (Fsp3) is 0.304. The Balaban J connectivity index is 1.58. The molecule has 2 aromatic heterocycles. The molecule has 0 bridgehead atoms. The van der Waals surface area contributed by atoms with Crippen molar-refractivity contribution >= 4 is 11.8 Å². The first-order valence-electron chi connectivity index (χ1n) is 10.1. The summed E-state index contributed by atoms with van der Waals surface area (Å²) in [6.07, 6.45) is 0. The topological polar surface area (TPSA) is 79.5 Å². The highest BCUT2D eigenvalue weighted by atomic mass is 16.4. The molecule has 2 heterocycles. The van der Waals surface area contributed by atoms with E-state index in [-0.39, 0.29) is 5.76 Å². The number of nitrogens with zero attached hydrogens (tertiary/aromatic N) is 2. The maximum absolute atomic E-state index is 12.4. The summed E-state index contributed by atoms with van der Waals surface area (Å²) in [5.41, 5.74) is 8.50. The highest BCUT2D eigenvalue weighted by Crippen LogP contribution is 2.17. The highest BCUT2D eigenvalue weighted by molar-refractivity contribution is 5.98. The number of aromatic nitrogens is 1. The van der Waals surface area contributed by atoms with E-state index in [4.69, 9.17) is 4.42 Å². The number of hydrogen-bond donors (Lipinski definition) is 2. The Labute approximate surface area is 176 Å². The monoisotopic (exact) mass is 408 g/mol. The molecule has 2 N–H and O–H groups in total. The average Bonchev–Trinajstić information content (AvgIpc) is 3.36. The molecule has 0 fully saturated rings. The van der Waals surface area contributed by atoms with E-state index in [2.05, 4.69) is 34.2 Å². The molecule has 2 amide bonds. The van der Waals surface area contributed by atoms with Gasteiger partial charge in [0.05, 0.1) is 6.54 Å². The first-order chi connectivity index (χ1) is 14.4. The van der Waals surface area contributed by atoms with Crippen LogP contribution in [0.25, 0.3) is 5.69 Å². The van der Waals surface area contributed by atoms with Crippen LogP contribution in [0.2, 0.25) is 0 Å². The van der Waals surface area contributed by atoms with Crippen LogP contribution < -0.4 is 10.9 Å². The molecular weight excluding hydrogens is 380 g/mol. The van der Waals surface area contributed by atoms with Crippen molar-refractivity contribution in [2.45, 2.75) is 34.2 Å². The van der Waals surface area contributed by atoms with Crippen LogP contribution in [-0.4, -0.2) is 34.4 Å². The molecule has 0 unspecified atom stereocenters. The van der Waals surface area contributed by atoms with Crippen molar-refractivity contribution in [2.75, 3.05) is 13.1 Å². The third-order valence-corrected chi connectivity index (χ3v) is 5.11. The van der Waals surface area contributed by atoms with Gasteiger partial charge in [-0.3, -0.25) is 25.3 Å². The molecule has 158 valence electrons. The van der Waals surface area contributed by atoms with Gasteiger partial charge in [0, 0.05) is 22.6 Å². The molecule has 0 spiro atoms. The number of benzene rings is 1. The first-order valence-corrected chi connectivity index (χ1v) is 10.1. The van der Waals surface area contributed by atoms with Gasteiger partial charge < -0.3 is 8.98 Å². The first kappa shape index (κ1) is 21.4. The van der Waals surface area contributed by atoms with Crippen LogP contribution in [0.15, 0.2) is 52.9 Å². The summed E-state index contributed by atoms with van der Waals surface area (Å²) in [6, 6.07) is 14.7. The fourth-order valence-electron chi connectivity index (χ4n) is 3.34. The van der Waals surface area contributed by atoms with E-state index in [9.17, 15) is 9.59 Å². The van der Waals surface area contributed by atoms with Gasteiger partial charge in [-0.1, -0.05) is 13.8 Å². The zero-order valence-electron chi connectivity index (χ0n) is 17.9. The average molecular weight is 409 g/mol. The third kappa shape index (κ3) is 4.80. The summed E-state index contributed by atoms with van der Waals surface area (Å²) in [5.74, 6) is -0.0251. The summed E-state index contributed by atoms with van der Waals surface area (Å²) in [4.78, 5) is 26.8. The zero-order chi connectivity index (χ0) is 21.7. The number of nitrogens with one attached hydrogen (secondary N) is 2. The molecule has 0 aliphatic carbocycles. The Morgan fingerprint density at radius 1 is 0.867 bits per heavy atom. The van der Waals surface area contributed by atoms with Crippen LogP contribution in [0.1, 0.15) is 51.9 Å². The van der Waals surface area contributed by atoms with E-state index < -0.39 is 11.8 Å². The van der Waals surface area contributed by atoms with E-state index in [1.807, 2.05) is 38.1 Å². The number of rotatable bonds is 7. The Morgan fingerprint density at radius 3 is 2.07 bits per heavy atom. The van der Waals surface area contributed by atoms with Gasteiger partial charge in [-0.05, 0) is 75.5 Å². The molecule has 0 aliphatic heterocycles.